The lowest BCUT2D eigenvalue weighted by atomic mass is 10.1. The first-order chi connectivity index (χ1) is 8.81. The van der Waals surface area contributed by atoms with Gasteiger partial charge in [0, 0.05) is 13.0 Å². The van der Waals surface area contributed by atoms with Crippen molar-refractivity contribution in [2.45, 2.75) is 19.8 Å². The molecule has 0 bridgehead atoms. The van der Waals surface area contributed by atoms with Gasteiger partial charge in [-0.1, -0.05) is 18.2 Å². The van der Waals surface area contributed by atoms with Crippen LogP contribution < -0.4 is 0 Å². The van der Waals surface area contributed by atoms with Gasteiger partial charge in [0.1, 0.15) is 5.82 Å². The van der Waals surface area contributed by atoms with Gasteiger partial charge in [-0.25, -0.2) is 0 Å². The van der Waals surface area contributed by atoms with Gasteiger partial charge in [-0.3, -0.25) is 4.40 Å². The fourth-order valence-electron chi connectivity index (χ4n) is 2.37. The van der Waals surface area contributed by atoms with Crippen molar-refractivity contribution >= 4 is 16.6 Å². The molecule has 0 amide bonds. The lowest BCUT2D eigenvalue weighted by Gasteiger charge is -2.07. The number of pyridine rings is 1. The van der Waals surface area contributed by atoms with Crippen molar-refractivity contribution in [2.75, 3.05) is 6.61 Å². The summed E-state index contributed by atoms with van der Waals surface area (Å²) in [6.07, 6.45) is 1.45. The van der Waals surface area contributed by atoms with E-state index in [1.54, 1.807) is 0 Å². The molecule has 3 aromatic rings. The van der Waals surface area contributed by atoms with Crippen LogP contribution in [0.1, 0.15) is 17.8 Å². The molecule has 0 aliphatic heterocycles. The zero-order chi connectivity index (χ0) is 12.5. The van der Waals surface area contributed by atoms with Crippen molar-refractivity contribution in [3.8, 4) is 0 Å². The minimum atomic E-state index is 0.179. The molecule has 0 aliphatic rings. The molecule has 2 heterocycles. The Labute approximate surface area is 105 Å². The van der Waals surface area contributed by atoms with Gasteiger partial charge >= 0.3 is 0 Å². The summed E-state index contributed by atoms with van der Waals surface area (Å²) < 4.78 is 2.10. The Bertz CT molecular complexity index is 703. The molecule has 1 aromatic carbocycles. The van der Waals surface area contributed by atoms with E-state index in [-0.39, 0.29) is 6.61 Å². The molecule has 18 heavy (non-hydrogen) atoms. The highest BCUT2D eigenvalue weighted by molar-refractivity contribution is 5.84. The van der Waals surface area contributed by atoms with E-state index in [2.05, 4.69) is 45.8 Å². The van der Waals surface area contributed by atoms with Gasteiger partial charge < -0.3 is 5.11 Å². The highest BCUT2D eigenvalue weighted by atomic mass is 16.2. The number of nitrogens with zero attached hydrogens (tertiary/aromatic N) is 3. The Hall–Kier alpha value is -1.94. The first kappa shape index (κ1) is 11.2. The quantitative estimate of drug-likeness (QED) is 0.764. The van der Waals surface area contributed by atoms with Crippen LogP contribution in [0.4, 0.5) is 0 Å². The first-order valence-corrected chi connectivity index (χ1v) is 6.14. The molecule has 0 saturated carbocycles. The Morgan fingerprint density at radius 2 is 2.06 bits per heavy atom. The molecule has 1 N–H and O–H groups in total. The summed E-state index contributed by atoms with van der Waals surface area (Å²) in [5, 5.41) is 18.6. The predicted molar refractivity (Wildman–Crippen MR) is 70.6 cm³/mol. The molecular formula is C14H15N3O. The van der Waals surface area contributed by atoms with Gasteiger partial charge in [-0.05, 0) is 36.4 Å². The lowest BCUT2D eigenvalue weighted by Crippen LogP contribution is -1.99. The van der Waals surface area contributed by atoms with Gasteiger partial charge in [-0.15, -0.1) is 10.2 Å². The highest BCUT2D eigenvalue weighted by Gasteiger charge is 2.09. The van der Waals surface area contributed by atoms with Gasteiger partial charge in [0.25, 0.3) is 0 Å². The number of aryl methyl sites for hydroxylation is 2. The predicted octanol–water partition coefficient (Wildman–Crippen LogP) is 2.12. The van der Waals surface area contributed by atoms with E-state index in [1.807, 2.05) is 6.07 Å². The number of rotatable bonds is 3. The number of aromatic nitrogens is 3. The van der Waals surface area contributed by atoms with Crippen LogP contribution in [0.15, 0.2) is 30.3 Å². The molecule has 0 saturated heterocycles. The topological polar surface area (TPSA) is 50.4 Å². The summed E-state index contributed by atoms with van der Waals surface area (Å²) in [6.45, 7) is 2.27. The number of fused-ring (bicyclic) bond motifs is 3. The lowest BCUT2D eigenvalue weighted by molar-refractivity contribution is 0.287. The fourth-order valence-corrected chi connectivity index (χ4v) is 2.37. The number of aliphatic hydroxyl groups is 1. The molecule has 0 unspecified atom stereocenters. The number of benzene rings is 1. The third-order valence-electron chi connectivity index (χ3n) is 3.22. The molecular weight excluding hydrogens is 226 g/mol. The smallest absolute Gasteiger partial charge is 0.161 e. The van der Waals surface area contributed by atoms with E-state index < -0.39 is 0 Å². The van der Waals surface area contributed by atoms with Crippen LogP contribution in [0.5, 0.6) is 0 Å². The van der Waals surface area contributed by atoms with E-state index in [0.29, 0.717) is 6.42 Å². The third-order valence-corrected chi connectivity index (χ3v) is 3.22. The van der Waals surface area contributed by atoms with E-state index in [1.165, 1.54) is 10.9 Å². The van der Waals surface area contributed by atoms with Crippen molar-refractivity contribution in [1.29, 1.82) is 0 Å². The van der Waals surface area contributed by atoms with Gasteiger partial charge in [-0.2, -0.15) is 0 Å². The van der Waals surface area contributed by atoms with Gasteiger partial charge in [0.2, 0.25) is 0 Å². The standard InChI is InChI=1S/C14H15N3O/c1-10-4-2-5-11-7-8-13-16-15-12(6-3-9-18)17(13)14(10)11/h2,4-5,7-8,18H,3,6,9H2,1H3. The molecule has 0 fully saturated rings. The summed E-state index contributed by atoms with van der Waals surface area (Å²) in [6, 6.07) is 10.3. The molecule has 4 heteroatoms. The van der Waals surface area contributed by atoms with Crippen LogP contribution >= 0.6 is 0 Å². The Morgan fingerprint density at radius 1 is 1.17 bits per heavy atom. The van der Waals surface area contributed by atoms with E-state index in [4.69, 9.17) is 5.11 Å². The normalized spacial score (nSPS) is 11.4. The minimum absolute atomic E-state index is 0.179. The maximum atomic E-state index is 8.95. The highest BCUT2D eigenvalue weighted by Crippen LogP contribution is 2.21. The Balaban J connectivity index is 2.33. The van der Waals surface area contributed by atoms with E-state index in [9.17, 15) is 0 Å². The molecule has 4 nitrogen and oxygen atoms in total. The van der Waals surface area contributed by atoms with Crippen molar-refractivity contribution in [1.82, 2.24) is 14.6 Å². The zero-order valence-electron chi connectivity index (χ0n) is 10.3. The fraction of sp³-hybridized carbons (Fsp3) is 0.286. The molecule has 0 aliphatic carbocycles. The zero-order valence-corrected chi connectivity index (χ0v) is 10.3. The van der Waals surface area contributed by atoms with Crippen LogP contribution in [-0.2, 0) is 6.42 Å². The second-order valence-electron chi connectivity index (χ2n) is 4.48. The van der Waals surface area contributed by atoms with Gasteiger partial charge in [0.05, 0.1) is 5.52 Å². The maximum absolute atomic E-state index is 8.95. The number of aliphatic hydroxyl groups excluding tert-OH is 1. The maximum Gasteiger partial charge on any atom is 0.161 e. The number of hydrogen-bond acceptors (Lipinski definition) is 3. The van der Waals surface area contributed by atoms with Gasteiger partial charge in [0.15, 0.2) is 5.65 Å². The van der Waals surface area contributed by atoms with E-state index in [0.717, 1.165) is 23.4 Å². The third kappa shape index (κ3) is 1.66. The first-order valence-electron chi connectivity index (χ1n) is 6.14. The van der Waals surface area contributed by atoms with Crippen LogP contribution in [0.2, 0.25) is 0 Å². The summed E-state index contributed by atoms with van der Waals surface area (Å²) in [4.78, 5) is 0. The molecule has 0 radical (unpaired) electrons. The molecule has 0 atom stereocenters. The van der Waals surface area contributed by atoms with Crippen molar-refractivity contribution in [3.63, 3.8) is 0 Å². The second-order valence-corrected chi connectivity index (χ2v) is 4.48. The van der Waals surface area contributed by atoms with Crippen molar-refractivity contribution in [2.24, 2.45) is 0 Å². The van der Waals surface area contributed by atoms with Crippen LogP contribution in [0.3, 0.4) is 0 Å². The Morgan fingerprint density at radius 3 is 2.89 bits per heavy atom. The van der Waals surface area contributed by atoms with Crippen LogP contribution in [-0.4, -0.2) is 26.3 Å². The second kappa shape index (κ2) is 4.38. The summed E-state index contributed by atoms with van der Waals surface area (Å²) >= 11 is 0. The minimum Gasteiger partial charge on any atom is -0.396 e. The van der Waals surface area contributed by atoms with Crippen LogP contribution in [0.25, 0.3) is 16.6 Å². The molecule has 0 spiro atoms. The largest absolute Gasteiger partial charge is 0.396 e. The molecule has 3 rings (SSSR count). The summed E-state index contributed by atoms with van der Waals surface area (Å²) in [5.74, 6) is 0.916. The summed E-state index contributed by atoms with van der Waals surface area (Å²) in [5.41, 5.74) is 3.24. The monoisotopic (exact) mass is 241 g/mol. The molecule has 2 aromatic heterocycles. The SMILES string of the molecule is Cc1cccc2ccc3nnc(CCCO)n3c12. The van der Waals surface area contributed by atoms with Crippen molar-refractivity contribution < 1.29 is 5.11 Å². The van der Waals surface area contributed by atoms with Crippen LogP contribution in [0, 0.1) is 6.92 Å². The number of para-hydroxylation sites is 1. The average Bonchev–Trinajstić information content (AvgIpc) is 2.79. The summed E-state index contributed by atoms with van der Waals surface area (Å²) in [7, 11) is 0. The Kier molecular flexibility index (Phi) is 2.72. The number of hydrogen-bond donors (Lipinski definition) is 1. The average molecular weight is 241 g/mol. The van der Waals surface area contributed by atoms with Crippen molar-refractivity contribution in [3.05, 3.63) is 41.7 Å². The van der Waals surface area contributed by atoms with E-state index >= 15 is 0 Å². The molecule has 92 valence electrons.